The number of benzene rings is 3. The molecular weight excluding hydrogens is 458 g/mol. The van der Waals surface area contributed by atoms with Crippen LogP contribution in [-0.2, 0) is 4.79 Å². The summed E-state index contributed by atoms with van der Waals surface area (Å²) >= 11 is 1.36. The van der Waals surface area contributed by atoms with Crippen molar-refractivity contribution in [2.45, 2.75) is 6.92 Å². The molecule has 3 aromatic carbocycles. The minimum absolute atomic E-state index is 0.0212. The van der Waals surface area contributed by atoms with E-state index in [1.807, 2.05) is 24.4 Å². The molecule has 0 aliphatic carbocycles. The molecule has 0 atom stereocenters. The number of hydrogen-bond donors (Lipinski definition) is 1. The molecule has 9 heteroatoms. The Morgan fingerprint density at radius 1 is 1.03 bits per heavy atom. The lowest BCUT2D eigenvalue weighted by Gasteiger charge is -2.18. The quantitative estimate of drug-likeness (QED) is 0.405. The van der Waals surface area contributed by atoms with E-state index in [2.05, 4.69) is 10.3 Å². The third kappa shape index (κ3) is 4.51. The van der Waals surface area contributed by atoms with Gasteiger partial charge in [-0.3, -0.25) is 4.79 Å². The largest absolute Gasteiger partial charge is 0.482 e. The van der Waals surface area contributed by atoms with Gasteiger partial charge < -0.3 is 10.1 Å². The van der Waals surface area contributed by atoms with Gasteiger partial charge in [0.05, 0.1) is 22.8 Å². The van der Waals surface area contributed by atoms with Crippen LogP contribution >= 0.6 is 11.3 Å². The second-order valence-electron chi connectivity index (χ2n) is 7.54. The van der Waals surface area contributed by atoms with Crippen molar-refractivity contribution in [1.29, 1.82) is 0 Å². The third-order valence-corrected chi connectivity index (χ3v) is 5.97. The molecular formula is C25H18F2N4O2S. The first-order valence-electron chi connectivity index (χ1n) is 10.4. The number of anilines is 1. The predicted octanol–water partition coefficient (Wildman–Crippen LogP) is 5.33. The molecule has 0 spiro atoms. The van der Waals surface area contributed by atoms with E-state index in [4.69, 9.17) is 9.84 Å². The van der Waals surface area contributed by atoms with Crippen molar-refractivity contribution in [3.8, 4) is 17.0 Å². The maximum atomic E-state index is 13.4. The van der Waals surface area contributed by atoms with E-state index in [9.17, 15) is 13.6 Å². The van der Waals surface area contributed by atoms with Gasteiger partial charge in [-0.2, -0.15) is 5.10 Å². The minimum atomic E-state index is -0.345. The zero-order valence-corrected chi connectivity index (χ0v) is 18.8. The van der Waals surface area contributed by atoms with Crippen LogP contribution in [0.1, 0.15) is 12.5 Å². The van der Waals surface area contributed by atoms with Crippen molar-refractivity contribution >= 4 is 34.3 Å². The summed E-state index contributed by atoms with van der Waals surface area (Å²) in [5.41, 5.74) is 4.07. The van der Waals surface area contributed by atoms with Crippen LogP contribution in [0.15, 0.2) is 82.2 Å². The number of nitrogens with zero attached hydrogens (tertiary/aromatic N) is 3. The van der Waals surface area contributed by atoms with Crippen molar-refractivity contribution in [2.24, 2.45) is 10.1 Å². The molecule has 1 aromatic heterocycles. The molecule has 34 heavy (non-hydrogen) atoms. The standard InChI is InChI=1S/C25H18F2N4O2S/c1-15(16-2-5-18(26)6-3-16)30-31-22(14-34-25(31)28-20-9-7-19(27)8-10-20)17-4-11-23-21(12-17)29-24(32)13-33-23/h2-12,14H,13H2,1H3,(H,29,32). The Labute approximate surface area is 197 Å². The molecule has 5 rings (SSSR count). The maximum Gasteiger partial charge on any atom is 0.262 e. The number of carbonyl (C=O) groups excluding carboxylic acids is 1. The fourth-order valence-electron chi connectivity index (χ4n) is 3.44. The Hall–Kier alpha value is -4.11. The van der Waals surface area contributed by atoms with Crippen molar-refractivity contribution < 1.29 is 18.3 Å². The highest BCUT2D eigenvalue weighted by molar-refractivity contribution is 7.07. The molecule has 0 fully saturated rings. The van der Waals surface area contributed by atoms with E-state index < -0.39 is 0 Å². The number of nitrogens with one attached hydrogen (secondary N) is 1. The lowest BCUT2D eigenvalue weighted by Crippen LogP contribution is -2.25. The fraction of sp³-hybridized carbons (Fsp3) is 0.0800. The normalized spacial score (nSPS) is 13.9. The average molecular weight is 477 g/mol. The van der Waals surface area contributed by atoms with Gasteiger partial charge in [-0.15, -0.1) is 11.3 Å². The second kappa shape index (κ2) is 9.03. The number of carbonyl (C=O) groups is 1. The van der Waals surface area contributed by atoms with Gasteiger partial charge in [0, 0.05) is 10.9 Å². The number of amides is 1. The first-order chi connectivity index (χ1) is 16.5. The Kier molecular flexibility index (Phi) is 5.77. The van der Waals surface area contributed by atoms with E-state index in [1.165, 1.54) is 35.6 Å². The molecule has 1 aliphatic rings. The van der Waals surface area contributed by atoms with Crippen LogP contribution in [0.5, 0.6) is 5.75 Å². The summed E-state index contributed by atoms with van der Waals surface area (Å²) in [5.74, 6) is -0.305. The fourth-order valence-corrected chi connectivity index (χ4v) is 4.29. The summed E-state index contributed by atoms with van der Waals surface area (Å²) in [4.78, 5) is 17.0. The SMILES string of the molecule is CC(=Nn1c(-c2ccc3c(c2)NC(=O)CO3)csc1=Nc1ccc(F)cc1)c1ccc(F)cc1. The number of fused-ring (bicyclic) bond motifs is 1. The monoisotopic (exact) mass is 476 g/mol. The van der Waals surface area contributed by atoms with Crippen LogP contribution in [0.3, 0.4) is 0 Å². The zero-order chi connectivity index (χ0) is 23.7. The molecule has 1 aliphatic heterocycles. The van der Waals surface area contributed by atoms with Gasteiger partial charge in [0.25, 0.3) is 5.91 Å². The molecule has 2 heterocycles. The number of ether oxygens (including phenoxy) is 1. The van der Waals surface area contributed by atoms with Gasteiger partial charge in [-0.05, 0) is 67.1 Å². The van der Waals surface area contributed by atoms with Crippen molar-refractivity contribution in [3.63, 3.8) is 0 Å². The van der Waals surface area contributed by atoms with Crippen LogP contribution in [0, 0.1) is 11.6 Å². The molecule has 1 N–H and O–H groups in total. The van der Waals surface area contributed by atoms with Crippen LogP contribution < -0.4 is 14.9 Å². The highest BCUT2D eigenvalue weighted by atomic mass is 32.1. The Balaban J connectivity index is 1.65. The van der Waals surface area contributed by atoms with Crippen LogP contribution in [0.25, 0.3) is 11.3 Å². The highest BCUT2D eigenvalue weighted by Crippen LogP contribution is 2.33. The zero-order valence-electron chi connectivity index (χ0n) is 18.0. The Morgan fingerprint density at radius 3 is 2.47 bits per heavy atom. The number of thiazole rings is 1. The smallest absolute Gasteiger partial charge is 0.262 e. The molecule has 1 amide bonds. The van der Waals surface area contributed by atoms with Gasteiger partial charge in [0.15, 0.2) is 6.61 Å². The number of aromatic nitrogens is 1. The first-order valence-corrected chi connectivity index (χ1v) is 11.2. The molecule has 0 unspecified atom stereocenters. The molecule has 0 saturated heterocycles. The summed E-state index contributed by atoms with van der Waals surface area (Å²) in [6.07, 6.45) is 0. The lowest BCUT2D eigenvalue weighted by molar-refractivity contribution is -0.118. The number of hydrogen-bond acceptors (Lipinski definition) is 5. The van der Waals surface area contributed by atoms with Crippen molar-refractivity contribution in [1.82, 2.24) is 4.68 Å². The predicted molar refractivity (Wildman–Crippen MR) is 128 cm³/mol. The maximum absolute atomic E-state index is 13.4. The van der Waals surface area contributed by atoms with E-state index in [0.29, 0.717) is 27.6 Å². The van der Waals surface area contributed by atoms with Crippen molar-refractivity contribution in [2.75, 3.05) is 11.9 Å². The summed E-state index contributed by atoms with van der Waals surface area (Å²) in [6, 6.07) is 17.4. The van der Waals surface area contributed by atoms with E-state index in [-0.39, 0.29) is 24.1 Å². The van der Waals surface area contributed by atoms with E-state index >= 15 is 0 Å². The minimum Gasteiger partial charge on any atom is -0.482 e. The lowest BCUT2D eigenvalue weighted by atomic mass is 10.1. The van der Waals surface area contributed by atoms with Gasteiger partial charge in [0.1, 0.15) is 17.4 Å². The third-order valence-electron chi connectivity index (χ3n) is 5.16. The summed E-state index contributed by atoms with van der Waals surface area (Å²) < 4.78 is 33.9. The van der Waals surface area contributed by atoms with Crippen molar-refractivity contribution in [3.05, 3.63) is 94.1 Å². The Bertz CT molecular complexity index is 1470. The Morgan fingerprint density at radius 2 is 1.74 bits per heavy atom. The number of rotatable bonds is 4. The van der Waals surface area contributed by atoms with Gasteiger partial charge >= 0.3 is 0 Å². The van der Waals surface area contributed by atoms with Gasteiger partial charge in [-0.1, -0.05) is 12.1 Å². The number of halogens is 2. The summed E-state index contributed by atoms with van der Waals surface area (Å²) in [7, 11) is 0. The van der Waals surface area contributed by atoms with Crippen LogP contribution in [-0.4, -0.2) is 22.9 Å². The van der Waals surface area contributed by atoms with Gasteiger partial charge in [0.2, 0.25) is 4.80 Å². The second-order valence-corrected chi connectivity index (χ2v) is 8.38. The van der Waals surface area contributed by atoms with E-state index in [1.54, 1.807) is 35.0 Å². The van der Waals surface area contributed by atoms with Gasteiger partial charge in [-0.25, -0.2) is 18.4 Å². The summed E-state index contributed by atoms with van der Waals surface area (Å²) in [5, 5.41) is 9.48. The average Bonchev–Trinajstić information content (AvgIpc) is 3.22. The first kappa shape index (κ1) is 21.7. The molecule has 0 radical (unpaired) electrons. The summed E-state index contributed by atoms with van der Waals surface area (Å²) in [6.45, 7) is 1.80. The molecule has 4 aromatic rings. The molecule has 6 nitrogen and oxygen atoms in total. The van der Waals surface area contributed by atoms with Crippen LogP contribution in [0.4, 0.5) is 20.2 Å². The topological polar surface area (TPSA) is 68.0 Å². The highest BCUT2D eigenvalue weighted by Gasteiger charge is 2.18. The molecule has 170 valence electrons. The van der Waals surface area contributed by atoms with E-state index in [0.717, 1.165) is 16.8 Å². The van der Waals surface area contributed by atoms with Crippen LogP contribution in [0.2, 0.25) is 0 Å². The molecule has 0 saturated carbocycles. The molecule has 0 bridgehead atoms.